The number of imidazole rings is 1. The van der Waals surface area contributed by atoms with Crippen molar-refractivity contribution < 1.29 is 0 Å². The van der Waals surface area contributed by atoms with Gasteiger partial charge in [0.2, 0.25) is 0 Å². The number of aryl methyl sites for hydroxylation is 1. The van der Waals surface area contributed by atoms with Crippen LogP contribution in [0.15, 0.2) is 42.6 Å². The van der Waals surface area contributed by atoms with Gasteiger partial charge in [0.05, 0.1) is 5.69 Å². The van der Waals surface area contributed by atoms with Gasteiger partial charge in [0, 0.05) is 18.8 Å². The van der Waals surface area contributed by atoms with Crippen molar-refractivity contribution >= 4 is 6.08 Å². The van der Waals surface area contributed by atoms with Crippen molar-refractivity contribution in [2.75, 3.05) is 0 Å². The number of benzene rings is 1. The molecule has 0 aliphatic rings. The van der Waals surface area contributed by atoms with Gasteiger partial charge < -0.3 is 4.57 Å². The number of hydrogen-bond donors (Lipinski definition) is 0. The minimum atomic E-state index is 0.983. The Morgan fingerprint density at radius 3 is 2.60 bits per heavy atom. The van der Waals surface area contributed by atoms with Crippen molar-refractivity contribution in [1.29, 1.82) is 0 Å². The lowest BCUT2D eigenvalue weighted by atomic mass is 10.2. The molecule has 2 heteroatoms. The third kappa shape index (κ3) is 1.99. The van der Waals surface area contributed by atoms with Crippen molar-refractivity contribution in [1.82, 2.24) is 9.55 Å². The molecule has 0 atom stereocenters. The highest BCUT2D eigenvalue weighted by Gasteiger charge is 2.03. The van der Waals surface area contributed by atoms with Crippen LogP contribution in [0.3, 0.4) is 0 Å². The van der Waals surface area contributed by atoms with Crippen LogP contribution >= 0.6 is 0 Å². The van der Waals surface area contributed by atoms with E-state index in [1.54, 1.807) is 0 Å². The summed E-state index contributed by atoms with van der Waals surface area (Å²) in [5.41, 5.74) is 2.18. The van der Waals surface area contributed by atoms with E-state index < -0.39 is 0 Å². The van der Waals surface area contributed by atoms with Crippen LogP contribution in [0, 0.1) is 0 Å². The number of aromatic nitrogens is 2. The molecule has 0 aliphatic carbocycles. The highest BCUT2D eigenvalue weighted by Crippen LogP contribution is 2.17. The Morgan fingerprint density at radius 1 is 1.20 bits per heavy atom. The Kier molecular flexibility index (Phi) is 2.68. The molecular weight excluding hydrogens is 184 g/mol. The van der Waals surface area contributed by atoms with Crippen molar-refractivity contribution in [2.45, 2.75) is 6.92 Å². The van der Waals surface area contributed by atoms with Crippen molar-refractivity contribution in [3.05, 3.63) is 48.4 Å². The van der Waals surface area contributed by atoms with Crippen LogP contribution in [-0.4, -0.2) is 9.55 Å². The fourth-order valence-electron chi connectivity index (χ4n) is 1.53. The Morgan fingerprint density at radius 2 is 1.93 bits per heavy atom. The molecule has 0 radical (unpaired) electrons. The molecule has 0 unspecified atom stereocenters. The first-order valence-electron chi connectivity index (χ1n) is 5.02. The zero-order valence-corrected chi connectivity index (χ0v) is 9.01. The molecular formula is C13H14N2. The van der Waals surface area contributed by atoms with Crippen LogP contribution in [0.4, 0.5) is 0 Å². The predicted octanol–water partition coefficient (Wildman–Crippen LogP) is 3.12. The van der Waals surface area contributed by atoms with Gasteiger partial charge in [-0.15, -0.1) is 0 Å². The SMILES string of the molecule is C/C=C\c1nc(-c2ccccc2)cn1C. The molecule has 0 fully saturated rings. The molecule has 0 bridgehead atoms. The molecule has 15 heavy (non-hydrogen) atoms. The van der Waals surface area contributed by atoms with Gasteiger partial charge in [0.1, 0.15) is 5.82 Å². The second kappa shape index (κ2) is 4.13. The molecule has 0 saturated heterocycles. The second-order valence-electron chi connectivity index (χ2n) is 3.46. The van der Waals surface area contributed by atoms with Crippen molar-refractivity contribution in [3.8, 4) is 11.3 Å². The molecule has 0 aliphatic heterocycles. The van der Waals surface area contributed by atoms with E-state index in [-0.39, 0.29) is 0 Å². The van der Waals surface area contributed by atoms with Crippen LogP contribution in [0.1, 0.15) is 12.7 Å². The van der Waals surface area contributed by atoms with Crippen LogP contribution in [0.5, 0.6) is 0 Å². The molecule has 0 saturated carbocycles. The summed E-state index contributed by atoms with van der Waals surface area (Å²) in [7, 11) is 2.01. The smallest absolute Gasteiger partial charge is 0.132 e. The summed E-state index contributed by atoms with van der Waals surface area (Å²) in [6.07, 6.45) is 6.05. The minimum absolute atomic E-state index is 0.983. The largest absolute Gasteiger partial charge is 0.334 e. The summed E-state index contributed by atoms with van der Waals surface area (Å²) in [5, 5.41) is 0. The molecule has 0 spiro atoms. The first-order chi connectivity index (χ1) is 7.31. The van der Waals surface area contributed by atoms with Crippen LogP contribution in [0.2, 0.25) is 0 Å². The zero-order chi connectivity index (χ0) is 10.7. The Hall–Kier alpha value is -1.83. The van der Waals surface area contributed by atoms with E-state index in [0.29, 0.717) is 0 Å². The summed E-state index contributed by atoms with van der Waals surface area (Å²) >= 11 is 0. The highest BCUT2D eigenvalue weighted by molar-refractivity contribution is 5.60. The monoisotopic (exact) mass is 198 g/mol. The lowest BCUT2D eigenvalue weighted by Gasteiger charge is -1.92. The predicted molar refractivity (Wildman–Crippen MR) is 63.4 cm³/mol. The van der Waals surface area contributed by atoms with E-state index in [0.717, 1.165) is 17.1 Å². The molecule has 0 N–H and O–H groups in total. The van der Waals surface area contributed by atoms with Gasteiger partial charge in [-0.05, 0) is 13.0 Å². The second-order valence-corrected chi connectivity index (χ2v) is 3.46. The lowest BCUT2D eigenvalue weighted by Crippen LogP contribution is -1.87. The van der Waals surface area contributed by atoms with Gasteiger partial charge in [-0.2, -0.15) is 0 Å². The standard InChI is InChI=1S/C13H14N2/c1-3-7-13-14-12(10-15(13)2)11-8-5-4-6-9-11/h3-10H,1-2H3/b7-3-. The molecule has 2 rings (SSSR count). The van der Waals surface area contributed by atoms with Crippen molar-refractivity contribution in [2.24, 2.45) is 7.05 Å². The molecule has 2 nitrogen and oxygen atoms in total. The topological polar surface area (TPSA) is 17.8 Å². The molecule has 2 aromatic rings. The van der Waals surface area contributed by atoms with Gasteiger partial charge in [-0.1, -0.05) is 36.4 Å². The van der Waals surface area contributed by atoms with Gasteiger partial charge in [-0.25, -0.2) is 4.98 Å². The Balaban J connectivity index is 2.43. The fourth-order valence-corrected chi connectivity index (χ4v) is 1.53. The average molecular weight is 198 g/mol. The third-order valence-corrected chi connectivity index (χ3v) is 2.30. The summed E-state index contributed by atoms with van der Waals surface area (Å²) in [6.45, 7) is 2.00. The molecule has 1 aromatic heterocycles. The van der Waals surface area contributed by atoms with Gasteiger partial charge in [0.25, 0.3) is 0 Å². The first-order valence-corrected chi connectivity index (χ1v) is 5.02. The molecule has 1 heterocycles. The van der Waals surface area contributed by atoms with E-state index in [4.69, 9.17) is 0 Å². The van der Waals surface area contributed by atoms with Crippen molar-refractivity contribution in [3.63, 3.8) is 0 Å². The Labute approximate surface area is 89.9 Å². The molecule has 0 amide bonds. The Bertz CT molecular complexity index is 467. The summed E-state index contributed by atoms with van der Waals surface area (Å²) in [5.74, 6) is 0.983. The van der Waals surface area contributed by atoms with E-state index >= 15 is 0 Å². The maximum atomic E-state index is 4.55. The normalized spacial score (nSPS) is 11.1. The number of nitrogens with zero attached hydrogens (tertiary/aromatic N) is 2. The van der Waals surface area contributed by atoms with Crippen LogP contribution in [0.25, 0.3) is 17.3 Å². The third-order valence-electron chi connectivity index (χ3n) is 2.30. The number of rotatable bonds is 2. The first kappa shape index (κ1) is 9.71. The number of hydrogen-bond acceptors (Lipinski definition) is 1. The highest BCUT2D eigenvalue weighted by atomic mass is 15.0. The maximum absolute atomic E-state index is 4.55. The van der Waals surface area contributed by atoms with Crippen LogP contribution in [-0.2, 0) is 7.05 Å². The maximum Gasteiger partial charge on any atom is 0.132 e. The summed E-state index contributed by atoms with van der Waals surface area (Å²) < 4.78 is 2.03. The van der Waals surface area contributed by atoms with Crippen LogP contribution < -0.4 is 0 Å². The van der Waals surface area contributed by atoms with Gasteiger partial charge >= 0.3 is 0 Å². The van der Waals surface area contributed by atoms with E-state index in [9.17, 15) is 0 Å². The van der Waals surface area contributed by atoms with E-state index in [2.05, 4.69) is 17.1 Å². The quantitative estimate of drug-likeness (QED) is 0.725. The van der Waals surface area contributed by atoms with Gasteiger partial charge in [-0.3, -0.25) is 0 Å². The summed E-state index contributed by atoms with van der Waals surface area (Å²) in [4.78, 5) is 4.55. The number of allylic oxidation sites excluding steroid dienone is 1. The fraction of sp³-hybridized carbons (Fsp3) is 0.154. The summed E-state index contributed by atoms with van der Waals surface area (Å²) in [6, 6.07) is 10.2. The average Bonchev–Trinajstić information content (AvgIpc) is 2.63. The minimum Gasteiger partial charge on any atom is -0.334 e. The van der Waals surface area contributed by atoms with Gasteiger partial charge in [0.15, 0.2) is 0 Å². The van der Waals surface area contributed by atoms with E-state index in [1.165, 1.54) is 0 Å². The molecule has 76 valence electrons. The molecule has 1 aromatic carbocycles. The lowest BCUT2D eigenvalue weighted by molar-refractivity contribution is 0.897. The zero-order valence-electron chi connectivity index (χ0n) is 9.01. The van der Waals surface area contributed by atoms with E-state index in [1.807, 2.05) is 55.1 Å².